The van der Waals surface area contributed by atoms with Gasteiger partial charge in [-0.25, -0.2) is 19.7 Å². The van der Waals surface area contributed by atoms with Gasteiger partial charge in [0.15, 0.2) is 4.96 Å². The molecule has 0 radical (unpaired) electrons. The summed E-state index contributed by atoms with van der Waals surface area (Å²) in [6.07, 6.45) is 16.9. The molecule has 0 unspecified atom stereocenters. The van der Waals surface area contributed by atoms with Crippen molar-refractivity contribution < 1.29 is 23.9 Å². The first-order chi connectivity index (χ1) is 24.6. The minimum Gasteiger partial charge on any atom is -0.453 e. The first kappa shape index (κ1) is 42.0. The molecule has 2 saturated heterocycles. The molecule has 4 N–H and O–H groups in total. The third kappa shape index (κ3) is 15.9. The van der Waals surface area contributed by atoms with Crippen LogP contribution >= 0.6 is 11.3 Å². The van der Waals surface area contributed by atoms with Crippen LogP contribution in [-0.2, 0) is 19.1 Å². The number of H-pyrrole nitrogens is 2. The first-order valence-electron chi connectivity index (χ1n) is 17.2. The number of fused-ring (bicyclic) bond motifs is 1. The summed E-state index contributed by atoms with van der Waals surface area (Å²) in [4.78, 5) is 67.7. The minimum atomic E-state index is -0.562. The van der Waals surface area contributed by atoms with Crippen molar-refractivity contribution in [2.75, 3.05) is 46.4 Å². The largest absolute Gasteiger partial charge is 0.453 e. The van der Waals surface area contributed by atoms with Gasteiger partial charge in [0.1, 0.15) is 17.9 Å². The summed E-state index contributed by atoms with van der Waals surface area (Å²) in [5.74, 6) is 5.83. The van der Waals surface area contributed by atoms with Gasteiger partial charge in [0.05, 0.1) is 49.3 Å². The smallest absolute Gasteiger partial charge is 0.407 e. The van der Waals surface area contributed by atoms with Crippen molar-refractivity contribution in [3.05, 3.63) is 48.8 Å². The topological polar surface area (TPSA) is 183 Å². The van der Waals surface area contributed by atoms with Crippen LogP contribution < -0.4 is 10.6 Å². The Labute approximate surface area is 304 Å². The van der Waals surface area contributed by atoms with E-state index in [4.69, 9.17) is 0 Å². The van der Waals surface area contributed by atoms with Gasteiger partial charge >= 0.3 is 6.09 Å². The maximum Gasteiger partial charge on any atom is 0.407 e. The summed E-state index contributed by atoms with van der Waals surface area (Å²) < 4.78 is 6.31. The lowest BCUT2D eigenvalue weighted by Gasteiger charge is -2.14. The van der Waals surface area contributed by atoms with Crippen LogP contribution in [0.1, 0.15) is 84.5 Å². The van der Waals surface area contributed by atoms with Crippen molar-refractivity contribution in [3.63, 3.8) is 0 Å². The highest BCUT2D eigenvalue weighted by atomic mass is 32.1. The number of hydrogen-bond acceptors (Lipinski definition) is 9. The fraction of sp³-hybridized carbons (Fsp3) is 0.514. The normalized spacial score (nSPS) is 12.7. The van der Waals surface area contributed by atoms with Crippen molar-refractivity contribution >= 4 is 40.1 Å². The second kappa shape index (κ2) is 24.1. The zero-order valence-corrected chi connectivity index (χ0v) is 31.4. The summed E-state index contributed by atoms with van der Waals surface area (Å²) in [5, 5.41) is 4.85. The Balaban J connectivity index is 0.000000256. The van der Waals surface area contributed by atoms with Crippen molar-refractivity contribution in [1.29, 1.82) is 0 Å². The number of likely N-dealkylation sites (tertiary alicyclic amines) is 2. The summed E-state index contributed by atoms with van der Waals surface area (Å²) in [6, 6.07) is 0. The number of nitrogens with zero attached hydrogens (tertiary/aromatic N) is 6. The number of nitrogens with one attached hydrogen (secondary N) is 4. The number of thiazole rings is 1. The molecule has 15 nitrogen and oxygen atoms in total. The minimum absolute atomic E-state index is 0.0303. The van der Waals surface area contributed by atoms with E-state index in [1.54, 1.807) is 46.2 Å². The number of hydrogen-bond donors (Lipinski definition) is 4. The van der Waals surface area contributed by atoms with Crippen molar-refractivity contribution in [2.45, 2.75) is 73.1 Å². The van der Waals surface area contributed by atoms with Gasteiger partial charge in [0, 0.05) is 45.5 Å². The standard InChI is InChI=1S/C13H8N6S.C8H14N2O3.C8H14N2O2.2C3H8/c1(9-3-14-7-16-9)2-10-5-19-6-12(20-13(19)18-10)11-4-15-8-17-11;1-13-8(12)9-6-7(11)10-4-2-3-5-10;1-7(11)9-6-8(12)10-4-2-3-5-10;2*1-3-2/h3-8H,(H,14,16)(H,15,17);2-6H2,1H3,(H,9,12);2-6H2,1H3,(H,9,11);2*3H2,1-2H3. The molecule has 0 aliphatic carbocycles. The summed E-state index contributed by atoms with van der Waals surface area (Å²) >= 11 is 1.59. The molecular formula is C35H52N10O5S. The molecule has 0 spiro atoms. The Morgan fingerprint density at radius 2 is 1.37 bits per heavy atom. The molecule has 6 heterocycles. The monoisotopic (exact) mass is 724 g/mol. The lowest BCUT2D eigenvalue weighted by Crippen LogP contribution is -2.38. The number of ether oxygens (including phenoxy) is 1. The van der Waals surface area contributed by atoms with Gasteiger partial charge in [-0.15, -0.1) is 0 Å². The average molecular weight is 725 g/mol. The average Bonchev–Trinajstić information content (AvgIpc) is 3.95. The molecule has 4 aromatic rings. The second-order valence-corrected chi connectivity index (χ2v) is 12.4. The van der Waals surface area contributed by atoms with Crippen LogP contribution in [0.2, 0.25) is 0 Å². The molecule has 2 aliphatic rings. The highest BCUT2D eigenvalue weighted by Gasteiger charge is 2.18. The number of carbonyl (C=O) groups excluding carboxylic acids is 4. The van der Waals surface area contributed by atoms with E-state index in [2.05, 4.69) is 79.8 Å². The molecule has 4 aromatic heterocycles. The van der Waals surface area contributed by atoms with Gasteiger partial charge in [-0.05, 0) is 37.5 Å². The van der Waals surface area contributed by atoms with Gasteiger partial charge in [-0.3, -0.25) is 18.8 Å². The number of rotatable bonds is 5. The summed E-state index contributed by atoms with van der Waals surface area (Å²) in [5.41, 5.74) is 2.51. The molecular weight excluding hydrogens is 673 g/mol. The highest BCUT2D eigenvalue weighted by molar-refractivity contribution is 7.20. The molecule has 16 heteroatoms. The third-order valence-electron chi connectivity index (χ3n) is 6.72. The summed E-state index contributed by atoms with van der Waals surface area (Å²) in [6.45, 7) is 13.4. The molecule has 51 heavy (non-hydrogen) atoms. The van der Waals surface area contributed by atoms with Crippen LogP contribution in [0.3, 0.4) is 0 Å². The van der Waals surface area contributed by atoms with E-state index in [1.807, 2.05) is 16.8 Å². The van der Waals surface area contributed by atoms with E-state index < -0.39 is 6.09 Å². The SMILES string of the molecule is C(#Cc1cnc[nH]1)c1cn2cc(-c3cnc[nH]3)sc2n1.CC(=O)NCC(=O)N1CCCC1.CCC.CCC.COC(=O)NCC(=O)N1CCCC1. The Morgan fingerprint density at radius 1 is 0.824 bits per heavy atom. The summed E-state index contributed by atoms with van der Waals surface area (Å²) in [7, 11) is 1.27. The van der Waals surface area contributed by atoms with Crippen LogP contribution in [-0.4, -0.2) is 109 Å². The fourth-order valence-corrected chi connectivity index (χ4v) is 5.34. The predicted octanol–water partition coefficient (Wildman–Crippen LogP) is 4.45. The van der Waals surface area contributed by atoms with E-state index in [0.29, 0.717) is 0 Å². The fourth-order valence-electron chi connectivity index (χ4n) is 4.40. The van der Waals surface area contributed by atoms with Gasteiger partial charge < -0.3 is 35.1 Å². The molecule has 2 fully saturated rings. The van der Waals surface area contributed by atoms with E-state index in [9.17, 15) is 19.2 Å². The van der Waals surface area contributed by atoms with E-state index >= 15 is 0 Å². The number of imidazole rings is 3. The Bertz CT molecular complexity index is 1610. The second-order valence-electron chi connectivity index (χ2n) is 11.4. The van der Waals surface area contributed by atoms with Gasteiger partial charge in [-0.1, -0.05) is 51.9 Å². The maximum atomic E-state index is 11.3. The van der Waals surface area contributed by atoms with E-state index in [-0.39, 0.29) is 30.8 Å². The number of carbonyl (C=O) groups is 4. The highest BCUT2D eigenvalue weighted by Crippen LogP contribution is 2.26. The zero-order valence-electron chi connectivity index (χ0n) is 30.6. The number of aromatic amines is 2. The molecule has 4 amide bonds. The number of alkyl carbamates (subject to hydrolysis) is 1. The number of amides is 4. The Morgan fingerprint density at radius 3 is 1.84 bits per heavy atom. The van der Waals surface area contributed by atoms with Crippen molar-refractivity contribution in [2.24, 2.45) is 0 Å². The predicted molar refractivity (Wildman–Crippen MR) is 198 cm³/mol. The number of aromatic nitrogens is 6. The van der Waals surface area contributed by atoms with Gasteiger partial charge in [0.2, 0.25) is 17.7 Å². The van der Waals surface area contributed by atoms with E-state index in [0.717, 1.165) is 78.8 Å². The lowest BCUT2D eigenvalue weighted by atomic mass is 10.4. The number of methoxy groups -OCH3 is 1. The third-order valence-corrected chi connectivity index (χ3v) is 7.75. The van der Waals surface area contributed by atoms with Crippen LogP contribution in [0.4, 0.5) is 4.79 Å². The van der Waals surface area contributed by atoms with Crippen molar-refractivity contribution in [3.8, 4) is 22.4 Å². The van der Waals surface area contributed by atoms with Crippen LogP contribution in [0.5, 0.6) is 0 Å². The van der Waals surface area contributed by atoms with Crippen LogP contribution in [0.15, 0.2) is 37.4 Å². The Kier molecular flexibility index (Phi) is 19.8. The van der Waals surface area contributed by atoms with Gasteiger partial charge in [0.25, 0.3) is 0 Å². The molecule has 2 aliphatic heterocycles. The molecule has 0 bridgehead atoms. The zero-order chi connectivity index (χ0) is 37.4. The molecule has 278 valence electrons. The molecule has 0 saturated carbocycles. The molecule has 0 aromatic carbocycles. The first-order valence-corrected chi connectivity index (χ1v) is 18.1. The van der Waals surface area contributed by atoms with Gasteiger partial charge in [-0.2, -0.15) is 0 Å². The van der Waals surface area contributed by atoms with Crippen LogP contribution in [0, 0.1) is 11.8 Å². The van der Waals surface area contributed by atoms with E-state index in [1.165, 1.54) is 26.9 Å². The lowest BCUT2D eigenvalue weighted by molar-refractivity contribution is -0.131. The Hall–Kier alpha value is -5.17. The maximum absolute atomic E-state index is 11.3. The molecule has 0 atom stereocenters. The molecule has 6 rings (SSSR count). The van der Waals surface area contributed by atoms with Crippen LogP contribution in [0.25, 0.3) is 15.5 Å². The quantitative estimate of drug-likeness (QED) is 0.218. The van der Waals surface area contributed by atoms with Crippen molar-refractivity contribution in [1.82, 2.24) is 49.8 Å².